The minimum Gasteiger partial charge on any atom is -0.397 e. The molecule has 0 bridgehead atoms. The molecule has 4 nitrogen and oxygen atoms in total. The van der Waals surface area contributed by atoms with Gasteiger partial charge in [0.05, 0.1) is 26.6 Å². The van der Waals surface area contributed by atoms with E-state index >= 15 is 0 Å². The Balaban J connectivity index is 1.77. The van der Waals surface area contributed by atoms with E-state index in [-0.39, 0.29) is 0 Å². The van der Waals surface area contributed by atoms with Crippen molar-refractivity contribution in [2.75, 3.05) is 44.4 Å². The minimum absolute atomic E-state index is 0.808. The number of fused-ring (bicyclic) bond motifs is 1. The molecule has 1 aliphatic heterocycles. The molecule has 2 N–H and O–H groups in total. The van der Waals surface area contributed by atoms with Gasteiger partial charge in [0.15, 0.2) is 0 Å². The number of nitrogen functional groups attached to an aromatic ring is 1. The number of anilines is 2. The van der Waals surface area contributed by atoms with E-state index in [4.69, 9.17) is 5.73 Å². The van der Waals surface area contributed by atoms with Crippen molar-refractivity contribution in [2.45, 2.75) is 19.8 Å². The summed E-state index contributed by atoms with van der Waals surface area (Å²) >= 11 is 1.71. The van der Waals surface area contributed by atoms with E-state index in [9.17, 15) is 0 Å². The Kier molecular flexibility index (Phi) is 4.04. The zero-order chi connectivity index (χ0) is 15.0. The summed E-state index contributed by atoms with van der Waals surface area (Å²) in [6.45, 7) is 5.43. The summed E-state index contributed by atoms with van der Waals surface area (Å²) in [5, 5.41) is 1.10. The van der Waals surface area contributed by atoms with Gasteiger partial charge in [-0.25, -0.2) is 4.98 Å². The van der Waals surface area contributed by atoms with Gasteiger partial charge in [0.1, 0.15) is 0 Å². The second-order valence-corrected chi connectivity index (χ2v) is 7.54. The smallest absolute Gasteiger partial charge is 0.0907 e. The van der Waals surface area contributed by atoms with Crippen molar-refractivity contribution < 1.29 is 0 Å². The summed E-state index contributed by atoms with van der Waals surface area (Å²) in [6.07, 6.45) is 2.48. The molecule has 2 aromatic rings. The molecule has 2 heterocycles. The van der Waals surface area contributed by atoms with Gasteiger partial charge in [0.2, 0.25) is 0 Å². The van der Waals surface area contributed by atoms with E-state index in [0.717, 1.165) is 40.9 Å². The van der Waals surface area contributed by atoms with Gasteiger partial charge in [-0.15, -0.1) is 11.3 Å². The van der Waals surface area contributed by atoms with Crippen LogP contribution in [0.1, 0.15) is 17.8 Å². The molecule has 0 saturated carbocycles. The largest absolute Gasteiger partial charge is 0.397 e. The van der Waals surface area contributed by atoms with Crippen LogP contribution in [0, 0.1) is 12.8 Å². The number of rotatable bonds is 3. The molecule has 0 radical (unpaired) electrons. The van der Waals surface area contributed by atoms with Crippen LogP contribution in [0.25, 0.3) is 10.2 Å². The highest BCUT2D eigenvalue weighted by Crippen LogP contribution is 2.34. The molecule has 0 amide bonds. The molecule has 1 aliphatic rings. The summed E-state index contributed by atoms with van der Waals surface area (Å²) in [4.78, 5) is 9.31. The van der Waals surface area contributed by atoms with Crippen molar-refractivity contribution in [1.82, 2.24) is 9.88 Å². The average molecular weight is 304 g/mol. The molecule has 21 heavy (non-hydrogen) atoms. The number of nitrogens with two attached hydrogens (primary N) is 1. The maximum Gasteiger partial charge on any atom is 0.0907 e. The first-order chi connectivity index (χ1) is 10.0. The van der Waals surface area contributed by atoms with Crippen LogP contribution in [0.15, 0.2) is 12.1 Å². The summed E-state index contributed by atoms with van der Waals surface area (Å²) in [7, 11) is 4.31. The van der Waals surface area contributed by atoms with Gasteiger partial charge in [-0.2, -0.15) is 0 Å². The van der Waals surface area contributed by atoms with Crippen LogP contribution in [0.5, 0.6) is 0 Å². The lowest BCUT2D eigenvalue weighted by Gasteiger charge is -2.35. The average Bonchev–Trinajstić information content (AvgIpc) is 2.77. The molecule has 0 unspecified atom stereocenters. The van der Waals surface area contributed by atoms with Gasteiger partial charge in [-0.05, 0) is 51.9 Å². The van der Waals surface area contributed by atoms with Gasteiger partial charge in [-0.3, -0.25) is 0 Å². The molecule has 114 valence electrons. The molecular formula is C16H24N4S. The van der Waals surface area contributed by atoms with E-state index in [2.05, 4.69) is 41.0 Å². The fourth-order valence-corrected chi connectivity index (χ4v) is 4.10. The normalized spacial score (nSPS) is 17.0. The first-order valence-corrected chi connectivity index (χ1v) is 8.41. The van der Waals surface area contributed by atoms with E-state index in [1.54, 1.807) is 11.3 Å². The molecule has 3 rings (SSSR count). The molecule has 0 aliphatic carbocycles. The molecule has 0 spiro atoms. The fourth-order valence-electron chi connectivity index (χ4n) is 3.24. The zero-order valence-corrected chi connectivity index (χ0v) is 13.9. The van der Waals surface area contributed by atoms with Gasteiger partial charge in [0.25, 0.3) is 0 Å². The predicted octanol–water partition coefficient (Wildman–Crippen LogP) is 2.96. The lowest BCUT2D eigenvalue weighted by molar-refractivity contribution is 0.285. The number of aromatic nitrogens is 1. The Morgan fingerprint density at radius 1 is 1.33 bits per heavy atom. The molecule has 5 heteroatoms. The number of nitrogens with zero attached hydrogens (tertiary/aromatic N) is 3. The molecule has 1 saturated heterocycles. The van der Waals surface area contributed by atoms with Gasteiger partial charge in [-0.1, -0.05) is 0 Å². The van der Waals surface area contributed by atoms with E-state index < -0.39 is 0 Å². The van der Waals surface area contributed by atoms with E-state index in [1.165, 1.54) is 24.1 Å². The third-order valence-electron chi connectivity index (χ3n) is 4.22. The van der Waals surface area contributed by atoms with Crippen molar-refractivity contribution in [3.63, 3.8) is 0 Å². The van der Waals surface area contributed by atoms with Crippen molar-refractivity contribution in [1.29, 1.82) is 0 Å². The second kappa shape index (κ2) is 5.81. The SMILES string of the molecule is Cc1nc2cc(N3CCC(CN(C)C)CC3)c(N)cc2s1. The first-order valence-electron chi connectivity index (χ1n) is 7.59. The van der Waals surface area contributed by atoms with Gasteiger partial charge >= 0.3 is 0 Å². The van der Waals surface area contributed by atoms with Crippen LogP contribution in [0.3, 0.4) is 0 Å². The Morgan fingerprint density at radius 2 is 2.05 bits per heavy atom. The van der Waals surface area contributed by atoms with Crippen LogP contribution < -0.4 is 10.6 Å². The molecule has 0 atom stereocenters. The van der Waals surface area contributed by atoms with Crippen LogP contribution in [0.2, 0.25) is 0 Å². The lowest BCUT2D eigenvalue weighted by atomic mass is 9.96. The number of hydrogen-bond acceptors (Lipinski definition) is 5. The highest BCUT2D eigenvalue weighted by Gasteiger charge is 2.21. The molecule has 1 aromatic heterocycles. The molecule has 1 aromatic carbocycles. The maximum absolute atomic E-state index is 6.27. The summed E-state index contributed by atoms with van der Waals surface area (Å²) in [5.74, 6) is 0.808. The molecular weight excluding hydrogens is 280 g/mol. The van der Waals surface area contributed by atoms with Crippen molar-refractivity contribution >= 4 is 32.9 Å². The standard InChI is InChI=1S/C16H24N4S/c1-11-18-14-9-15(13(17)8-16(14)21-11)20-6-4-12(5-7-20)10-19(2)3/h8-9,12H,4-7,10,17H2,1-3H3. The second-order valence-electron chi connectivity index (χ2n) is 6.30. The first kappa shape index (κ1) is 14.6. The highest BCUT2D eigenvalue weighted by molar-refractivity contribution is 7.18. The zero-order valence-electron chi connectivity index (χ0n) is 13.1. The highest BCUT2D eigenvalue weighted by atomic mass is 32.1. The molecule has 1 fully saturated rings. The van der Waals surface area contributed by atoms with E-state index in [0.29, 0.717) is 0 Å². The fraction of sp³-hybridized carbons (Fsp3) is 0.562. The Morgan fingerprint density at radius 3 is 2.71 bits per heavy atom. The Bertz CT molecular complexity index is 626. The van der Waals surface area contributed by atoms with Crippen LogP contribution >= 0.6 is 11.3 Å². The quantitative estimate of drug-likeness (QED) is 0.886. The van der Waals surface area contributed by atoms with Crippen molar-refractivity contribution in [3.8, 4) is 0 Å². The van der Waals surface area contributed by atoms with Crippen molar-refractivity contribution in [2.24, 2.45) is 5.92 Å². The summed E-state index contributed by atoms with van der Waals surface area (Å²) in [5.41, 5.74) is 9.40. The van der Waals surface area contributed by atoms with Crippen LogP contribution in [0.4, 0.5) is 11.4 Å². The third-order valence-corrected chi connectivity index (χ3v) is 5.16. The third kappa shape index (κ3) is 3.14. The number of hydrogen-bond donors (Lipinski definition) is 1. The summed E-state index contributed by atoms with van der Waals surface area (Å²) < 4.78 is 1.19. The van der Waals surface area contributed by atoms with Crippen molar-refractivity contribution in [3.05, 3.63) is 17.1 Å². The van der Waals surface area contributed by atoms with Gasteiger partial charge < -0.3 is 15.5 Å². The summed E-state index contributed by atoms with van der Waals surface area (Å²) in [6, 6.07) is 4.25. The van der Waals surface area contributed by atoms with Crippen LogP contribution in [-0.4, -0.2) is 43.6 Å². The minimum atomic E-state index is 0.808. The monoisotopic (exact) mass is 304 g/mol. The van der Waals surface area contributed by atoms with Crippen LogP contribution in [-0.2, 0) is 0 Å². The number of aryl methyl sites for hydroxylation is 1. The number of benzene rings is 1. The lowest BCUT2D eigenvalue weighted by Crippen LogP contribution is -2.37. The Labute approximate surface area is 130 Å². The number of thiazole rings is 1. The maximum atomic E-state index is 6.27. The van der Waals surface area contributed by atoms with E-state index in [1.807, 2.05) is 6.92 Å². The predicted molar refractivity (Wildman–Crippen MR) is 92.3 cm³/mol. The number of piperidine rings is 1. The van der Waals surface area contributed by atoms with Gasteiger partial charge in [0, 0.05) is 19.6 Å². The topological polar surface area (TPSA) is 45.4 Å². The Hall–Kier alpha value is -1.33.